The molecule has 0 bridgehead atoms. The van der Waals surface area contributed by atoms with Gasteiger partial charge in [-0.15, -0.1) is 11.8 Å². The molecule has 2 aliphatic heterocycles. The number of hydrogen-bond acceptors (Lipinski definition) is 6. The molecule has 2 N–H and O–H groups in total. The summed E-state index contributed by atoms with van der Waals surface area (Å²) in [5.41, 5.74) is 13.5. The fourth-order valence-electron chi connectivity index (χ4n) is 4.92. The summed E-state index contributed by atoms with van der Waals surface area (Å²) < 4.78 is 7.46. The average Bonchev–Trinajstić information content (AvgIpc) is 3.49. The van der Waals surface area contributed by atoms with Gasteiger partial charge < -0.3 is 15.0 Å². The fraction of sp³-hybridized carbons (Fsp3) is 0.414. The molecule has 36 heavy (non-hydrogen) atoms. The van der Waals surface area contributed by atoms with E-state index < -0.39 is 0 Å². The minimum Gasteiger partial charge on any atom is -0.381 e. The second kappa shape index (κ2) is 11.0. The van der Waals surface area contributed by atoms with Gasteiger partial charge in [0.1, 0.15) is 5.52 Å². The number of ether oxygens (including phenoxy) is 1. The smallest absolute Gasteiger partial charge is 0.159 e. The van der Waals surface area contributed by atoms with Gasteiger partial charge in [0.15, 0.2) is 5.65 Å². The lowest BCUT2D eigenvalue weighted by atomic mass is 9.94. The molecule has 5 rings (SSSR count). The zero-order valence-electron chi connectivity index (χ0n) is 20.8. The predicted molar refractivity (Wildman–Crippen MR) is 147 cm³/mol. The van der Waals surface area contributed by atoms with Crippen molar-refractivity contribution in [3.05, 3.63) is 71.7 Å². The molecule has 1 fully saturated rings. The number of rotatable bonds is 10. The van der Waals surface area contributed by atoms with Crippen LogP contribution in [-0.2, 0) is 11.3 Å². The Morgan fingerprint density at radius 2 is 2.06 bits per heavy atom. The molecule has 1 aromatic carbocycles. The number of pyridine rings is 1. The lowest BCUT2D eigenvalue weighted by Gasteiger charge is -2.26. The van der Waals surface area contributed by atoms with E-state index >= 15 is 0 Å². The first-order valence-corrected chi connectivity index (χ1v) is 13.7. The van der Waals surface area contributed by atoms with Crippen LogP contribution in [0.1, 0.15) is 55.7 Å². The van der Waals surface area contributed by atoms with Crippen LogP contribution in [0.5, 0.6) is 0 Å². The summed E-state index contributed by atoms with van der Waals surface area (Å²) >= 11 is 1.87. The summed E-state index contributed by atoms with van der Waals surface area (Å²) in [4.78, 5) is 10.7. The number of allylic oxidation sites excluding steroid dienone is 1. The molecular weight excluding hydrogens is 466 g/mol. The third-order valence-corrected chi connectivity index (χ3v) is 8.62. The number of imidazole rings is 1. The van der Waals surface area contributed by atoms with Crippen LogP contribution in [0.15, 0.2) is 55.0 Å². The molecule has 1 saturated heterocycles. The Hall–Kier alpha value is -2.92. The first-order chi connectivity index (χ1) is 17.6. The number of thioether (sulfide) groups is 1. The predicted octanol–water partition coefficient (Wildman–Crippen LogP) is 5.79. The van der Waals surface area contributed by atoms with Crippen molar-refractivity contribution in [1.29, 1.82) is 5.26 Å². The molecule has 7 heteroatoms. The highest BCUT2D eigenvalue weighted by Gasteiger charge is 2.29. The Kier molecular flexibility index (Phi) is 7.56. The Bertz CT molecular complexity index is 1320. The highest BCUT2D eigenvalue weighted by Crippen LogP contribution is 2.50. The molecule has 2 aliphatic rings. The van der Waals surface area contributed by atoms with E-state index in [1.54, 1.807) is 0 Å². The number of nitrogens with two attached hydrogens (primary N) is 1. The third kappa shape index (κ3) is 5.27. The highest BCUT2D eigenvalue weighted by atomic mass is 32.2. The lowest BCUT2D eigenvalue weighted by Crippen LogP contribution is -2.31. The minimum atomic E-state index is 0.233. The number of aromatic nitrogens is 3. The van der Waals surface area contributed by atoms with Crippen LogP contribution < -0.4 is 5.73 Å². The molecule has 0 spiro atoms. The van der Waals surface area contributed by atoms with Crippen molar-refractivity contribution in [3.8, 4) is 6.07 Å². The zero-order valence-corrected chi connectivity index (χ0v) is 21.6. The Morgan fingerprint density at radius 1 is 1.25 bits per heavy atom. The van der Waals surface area contributed by atoms with Crippen molar-refractivity contribution in [3.63, 3.8) is 0 Å². The van der Waals surface area contributed by atoms with Crippen molar-refractivity contribution >= 4 is 33.4 Å². The Morgan fingerprint density at radius 3 is 2.75 bits per heavy atom. The molecule has 0 saturated carbocycles. The summed E-state index contributed by atoms with van der Waals surface area (Å²) in [5.74, 6) is 0.539. The van der Waals surface area contributed by atoms with Crippen molar-refractivity contribution in [2.45, 2.75) is 56.9 Å². The van der Waals surface area contributed by atoms with Gasteiger partial charge >= 0.3 is 0 Å². The molecule has 186 valence electrons. The van der Waals surface area contributed by atoms with Gasteiger partial charge in [0.05, 0.1) is 31.2 Å². The molecule has 2 atom stereocenters. The van der Waals surface area contributed by atoms with E-state index in [1.807, 2.05) is 36.4 Å². The van der Waals surface area contributed by atoms with Gasteiger partial charge in [-0.3, -0.25) is 0 Å². The molecule has 2 unspecified atom stereocenters. The summed E-state index contributed by atoms with van der Waals surface area (Å²) in [6.45, 7) is 9.14. The molecule has 0 amide bonds. The van der Waals surface area contributed by atoms with Gasteiger partial charge in [0.25, 0.3) is 0 Å². The van der Waals surface area contributed by atoms with Crippen molar-refractivity contribution in [1.82, 2.24) is 14.5 Å². The van der Waals surface area contributed by atoms with E-state index in [-0.39, 0.29) is 6.04 Å². The third-order valence-electron chi connectivity index (χ3n) is 7.12. The lowest BCUT2D eigenvalue weighted by molar-refractivity contribution is -0.0390. The van der Waals surface area contributed by atoms with E-state index in [9.17, 15) is 5.26 Å². The van der Waals surface area contributed by atoms with Crippen molar-refractivity contribution < 1.29 is 4.74 Å². The summed E-state index contributed by atoms with van der Waals surface area (Å²) in [6.07, 6.45) is 8.86. The molecule has 0 aliphatic carbocycles. The molecule has 2 aromatic heterocycles. The maximum Gasteiger partial charge on any atom is 0.159 e. The van der Waals surface area contributed by atoms with Gasteiger partial charge in [-0.25, -0.2) is 9.97 Å². The van der Waals surface area contributed by atoms with Gasteiger partial charge in [-0.05, 0) is 55.0 Å². The molecule has 4 heterocycles. The molecule has 6 nitrogen and oxygen atoms in total. The van der Waals surface area contributed by atoms with Crippen LogP contribution in [0.4, 0.5) is 0 Å². The van der Waals surface area contributed by atoms with Crippen LogP contribution in [-0.4, -0.2) is 39.0 Å². The maximum absolute atomic E-state index is 9.25. The topological polar surface area (TPSA) is 89.8 Å². The van der Waals surface area contributed by atoms with Crippen molar-refractivity contribution in [2.24, 2.45) is 11.7 Å². The average molecular weight is 500 g/mol. The normalized spacial score (nSPS) is 18.9. The number of benzene rings is 1. The maximum atomic E-state index is 9.25. The van der Waals surface area contributed by atoms with Gasteiger partial charge in [-0.2, -0.15) is 5.26 Å². The largest absolute Gasteiger partial charge is 0.381 e. The zero-order chi connectivity index (χ0) is 25.1. The minimum absolute atomic E-state index is 0.233. The first kappa shape index (κ1) is 24.8. The second-order valence-electron chi connectivity index (χ2n) is 9.92. The first-order valence-electron chi connectivity index (χ1n) is 12.8. The van der Waals surface area contributed by atoms with Crippen LogP contribution in [0, 0.1) is 17.2 Å². The van der Waals surface area contributed by atoms with Gasteiger partial charge in [0, 0.05) is 40.4 Å². The quantitative estimate of drug-likeness (QED) is 0.355. The van der Waals surface area contributed by atoms with Crippen LogP contribution >= 0.6 is 11.8 Å². The number of nitrogens with zero attached hydrogens (tertiary/aromatic N) is 4. The summed E-state index contributed by atoms with van der Waals surface area (Å²) in [7, 11) is 0. The van der Waals surface area contributed by atoms with Gasteiger partial charge in [-0.1, -0.05) is 37.6 Å². The van der Waals surface area contributed by atoms with Crippen LogP contribution in [0.25, 0.3) is 21.6 Å². The van der Waals surface area contributed by atoms with Gasteiger partial charge in [0.2, 0.25) is 0 Å². The number of fused-ring (bicyclic) bond motifs is 1. The molecule has 0 radical (unpaired) electrons. The molecular formula is C29H33N5OS. The standard InChI is InChI=1S/C29H33N5OS/c1-3-4-24(31)10-5-19(2)27-12-25(22-8-6-20(13-30)7-9-22)28(36-27)23-11-26-29(32-14-23)34(18-33-26)15-21-16-35-17-21/h6-9,11,14,18,21,24,27H,2-5,10,12,15-17,31H2,1H3. The highest BCUT2D eigenvalue weighted by molar-refractivity contribution is 8.09. The summed E-state index contributed by atoms with van der Waals surface area (Å²) in [5, 5.41) is 9.54. The van der Waals surface area contributed by atoms with Crippen LogP contribution in [0.2, 0.25) is 0 Å². The van der Waals surface area contributed by atoms with E-state index in [1.165, 1.54) is 16.1 Å². The number of nitriles is 1. The van der Waals surface area contributed by atoms with E-state index in [4.69, 9.17) is 15.5 Å². The second-order valence-corrected chi connectivity index (χ2v) is 11.1. The Balaban J connectivity index is 1.42. The van der Waals surface area contributed by atoms with E-state index in [0.717, 1.165) is 74.2 Å². The summed E-state index contributed by atoms with van der Waals surface area (Å²) in [6, 6.07) is 12.5. The number of hydrogen-bond donors (Lipinski definition) is 1. The SMILES string of the molecule is C=C(CCC(N)CCC)C1CC(c2ccc(C#N)cc2)=C(c2cnc3c(c2)ncn3CC2COC2)S1. The van der Waals surface area contributed by atoms with E-state index in [2.05, 4.69) is 47.3 Å². The van der Waals surface area contributed by atoms with Crippen LogP contribution in [0.3, 0.4) is 0 Å². The van der Waals surface area contributed by atoms with Crippen molar-refractivity contribution in [2.75, 3.05) is 13.2 Å². The Labute approximate surface area is 217 Å². The van der Waals surface area contributed by atoms with E-state index in [0.29, 0.717) is 16.7 Å². The fourth-order valence-corrected chi connectivity index (χ4v) is 6.33. The monoisotopic (exact) mass is 499 g/mol. The molecule has 3 aromatic rings.